The highest BCUT2D eigenvalue weighted by Gasteiger charge is 2.12. The van der Waals surface area contributed by atoms with Crippen LogP contribution in [0.25, 0.3) is 0 Å². The number of thioether (sulfide) groups is 1. The van der Waals surface area contributed by atoms with Crippen LogP contribution in [0.15, 0.2) is 22.7 Å². The molecule has 1 N–H and O–H groups in total. The lowest BCUT2D eigenvalue weighted by atomic mass is 10.1. The largest absolute Gasteiger partial charge is 0.492 e. The summed E-state index contributed by atoms with van der Waals surface area (Å²) < 4.78 is 6.96. The van der Waals surface area contributed by atoms with Crippen molar-refractivity contribution in [2.75, 3.05) is 12.4 Å². The van der Waals surface area contributed by atoms with Gasteiger partial charge in [0.25, 0.3) is 0 Å². The van der Waals surface area contributed by atoms with Crippen LogP contribution in [0, 0.1) is 0 Å². The number of hydrogen-bond donors (Lipinski definition) is 1. The maximum atomic E-state index is 9.71. The first-order valence-corrected chi connectivity index (χ1v) is 7.82. The summed E-state index contributed by atoms with van der Waals surface area (Å²) in [5, 5.41) is 9.71. The van der Waals surface area contributed by atoms with Gasteiger partial charge >= 0.3 is 0 Å². The van der Waals surface area contributed by atoms with Gasteiger partial charge in [-0.05, 0) is 25.1 Å². The van der Waals surface area contributed by atoms with E-state index in [0.29, 0.717) is 6.61 Å². The second-order valence-electron chi connectivity index (χ2n) is 5.17. The minimum absolute atomic E-state index is 0.260. The molecule has 0 heterocycles. The smallest absolute Gasteiger partial charge is 0.125 e. The van der Waals surface area contributed by atoms with Gasteiger partial charge in [-0.25, -0.2) is 0 Å². The van der Waals surface area contributed by atoms with Gasteiger partial charge in [-0.2, -0.15) is 11.8 Å². The van der Waals surface area contributed by atoms with Gasteiger partial charge in [0.05, 0.1) is 12.7 Å². The monoisotopic (exact) mass is 332 g/mol. The van der Waals surface area contributed by atoms with Gasteiger partial charge in [-0.3, -0.25) is 0 Å². The van der Waals surface area contributed by atoms with Gasteiger partial charge in [0, 0.05) is 20.5 Å². The molecule has 0 aromatic heterocycles. The van der Waals surface area contributed by atoms with Crippen molar-refractivity contribution in [3.63, 3.8) is 0 Å². The van der Waals surface area contributed by atoms with E-state index < -0.39 is 6.10 Å². The number of halogens is 1. The Morgan fingerprint density at radius 2 is 2.06 bits per heavy atom. The zero-order valence-corrected chi connectivity index (χ0v) is 13.8. The summed E-state index contributed by atoms with van der Waals surface area (Å²) in [5.41, 5.74) is 0.824. The second kappa shape index (κ2) is 6.83. The van der Waals surface area contributed by atoms with Gasteiger partial charge in [-0.1, -0.05) is 36.7 Å². The Morgan fingerprint density at radius 1 is 1.39 bits per heavy atom. The maximum absolute atomic E-state index is 9.71. The molecule has 1 atom stereocenters. The molecular formula is C14H21BrO2S. The fourth-order valence-corrected chi connectivity index (χ4v) is 2.63. The van der Waals surface area contributed by atoms with Crippen molar-refractivity contribution in [1.82, 2.24) is 0 Å². The van der Waals surface area contributed by atoms with Crippen LogP contribution >= 0.6 is 27.7 Å². The Kier molecular flexibility index (Phi) is 6.02. The van der Waals surface area contributed by atoms with E-state index in [9.17, 15) is 5.11 Å². The highest BCUT2D eigenvalue weighted by Crippen LogP contribution is 2.29. The number of rotatable bonds is 5. The van der Waals surface area contributed by atoms with Crippen LogP contribution < -0.4 is 4.74 Å². The van der Waals surface area contributed by atoms with Crippen LogP contribution in [0.2, 0.25) is 0 Å². The molecule has 102 valence electrons. The van der Waals surface area contributed by atoms with Crippen LogP contribution in [0.3, 0.4) is 0 Å². The first kappa shape index (κ1) is 15.9. The van der Waals surface area contributed by atoms with Crippen molar-refractivity contribution in [2.45, 2.75) is 38.5 Å². The van der Waals surface area contributed by atoms with E-state index in [1.54, 1.807) is 6.92 Å². The minimum atomic E-state index is -0.521. The van der Waals surface area contributed by atoms with Crippen LogP contribution in [0.5, 0.6) is 5.75 Å². The number of ether oxygens (including phenoxy) is 1. The zero-order valence-electron chi connectivity index (χ0n) is 11.4. The van der Waals surface area contributed by atoms with Crippen LogP contribution in [-0.2, 0) is 0 Å². The molecule has 0 spiro atoms. The van der Waals surface area contributed by atoms with Gasteiger partial charge in [0.1, 0.15) is 5.75 Å². The lowest BCUT2D eigenvalue weighted by Gasteiger charge is -2.18. The molecule has 4 heteroatoms. The van der Waals surface area contributed by atoms with E-state index in [0.717, 1.165) is 21.5 Å². The Hall–Kier alpha value is -0.190. The number of benzene rings is 1. The standard InChI is InChI=1S/C14H21BrO2S/c1-10(16)12-9-11(15)5-6-13(12)17-7-8-18-14(2,3)4/h5-6,9-10,16H,7-8H2,1-4H3. The van der Waals surface area contributed by atoms with E-state index in [-0.39, 0.29) is 4.75 Å². The topological polar surface area (TPSA) is 29.5 Å². The third-order valence-electron chi connectivity index (χ3n) is 2.30. The lowest BCUT2D eigenvalue weighted by Crippen LogP contribution is -2.12. The summed E-state index contributed by atoms with van der Waals surface area (Å²) in [7, 11) is 0. The van der Waals surface area contributed by atoms with E-state index in [1.807, 2.05) is 30.0 Å². The number of aliphatic hydroxyl groups is 1. The average molecular weight is 333 g/mol. The van der Waals surface area contributed by atoms with E-state index in [2.05, 4.69) is 36.7 Å². The van der Waals surface area contributed by atoms with Gasteiger partial charge in [-0.15, -0.1) is 0 Å². The number of aliphatic hydroxyl groups excluding tert-OH is 1. The Labute approximate surface area is 122 Å². The molecule has 0 aliphatic rings. The molecule has 0 saturated heterocycles. The Bertz CT molecular complexity index is 386. The molecule has 18 heavy (non-hydrogen) atoms. The summed E-state index contributed by atoms with van der Waals surface area (Å²) >= 11 is 5.28. The van der Waals surface area contributed by atoms with E-state index >= 15 is 0 Å². The van der Waals surface area contributed by atoms with E-state index in [4.69, 9.17) is 4.74 Å². The SMILES string of the molecule is CC(O)c1cc(Br)ccc1OCCSC(C)(C)C. The molecule has 0 bridgehead atoms. The van der Waals surface area contributed by atoms with Crippen molar-refractivity contribution in [3.8, 4) is 5.75 Å². The molecule has 2 nitrogen and oxygen atoms in total. The third kappa shape index (κ3) is 5.63. The molecule has 1 rings (SSSR count). The number of hydrogen-bond acceptors (Lipinski definition) is 3. The molecule has 0 amide bonds. The van der Waals surface area contributed by atoms with Crippen molar-refractivity contribution in [3.05, 3.63) is 28.2 Å². The van der Waals surface area contributed by atoms with Gasteiger partial charge < -0.3 is 9.84 Å². The molecule has 0 fully saturated rings. The molecule has 0 saturated carbocycles. The summed E-state index contributed by atoms with van der Waals surface area (Å²) in [4.78, 5) is 0. The zero-order chi connectivity index (χ0) is 13.8. The molecular weight excluding hydrogens is 312 g/mol. The molecule has 0 aliphatic heterocycles. The highest BCUT2D eigenvalue weighted by atomic mass is 79.9. The predicted octanol–water partition coefficient (Wildman–Crippen LogP) is 4.41. The fourth-order valence-electron chi connectivity index (χ4n) is 1.48. The first-order valence-electron chi connectivity index (χ1n) is 6.04. The van der Waals surface area contributed by atoms with Gasteiger partial charge in [0.2, 0.25) is 0 Å². The van der Waals surface area contributed by atoms with Crippen molar-refractivity contribution >= 4 is 27.7 Å². The Balaban J connectivity index is 2.57. The van der Waals surface area contributed by atoms with Gasteiger partial charge in [0.15, 0.2) is 0 Å². The molecule has 0 aliphatic carbocycles. The van der Waals surface area contributed by atoms with Crippen LogP contribution in [0.1, 0.15) is 39.4 Å². The third-order valence-corrected chi connectivity index (χ3v) is 4.03. The fraction of sp³-hybridized carbons (Fsp3) is 0.571. The molecule has 1 aromatic rings. The summed E-state index contributed by atoms with van der Waals surface area (Å²) in [6.07, 6.45) is -0.521. The normalized spacial score (nSPS) is 13.4. The quantitative estimate of drug-likeness (QED) is 0.809. The summed E-state index contributed by atoms with van der Waals surface area (Å²) in [5.74, 6) is 1.71. The summed E-state index contributed by atoms with van der Waals surface area (Å²) in [6.45, 7) is 8.98. The van der Waals surface area contributed by atoms with Crippen LogP contribution in [-0.4, -0.2) is 22.2 Å². The van der Waals surface area contributed by atoms with Crippen molar-refractivity contribution in [1.29, 1.82) is 0 Å². The predicted molar refractivity (Wildman–Crippen MR) is 82.5 cm³/mol. The Morgan fingerprint density at radius 3 is 2.61 bits per heavy atom. The second-order valence-corrected chi connectivity index (χ2v) is 8.00. The summed E-state index contributed by atoms with van der Waals surface area (Å²) in [6, 6.07) is 5.73. The maximum Gasteiger partial charge on any atom is 0.125 e. The lowest BCUT2D eigenvalue weighted by molar-refractivity contribution is 0.192. The minimum Gasteiger partial charge on any atom is -0.492 e. The molecule has 1 aromatic carbocycles. The molecule has 1 unspecified atom stereocenters. The average Bonchev–Trinajstić information content (AvgIpc) is 2.24. The highest BCUT2D eigenvalue weighted by molar-refractivity contribution is 9.10. The van der Waals surface area contributed by atoms with Crippen molar-refractivity contribution in [2.24, 2.45) is 0 Å². The van der Waals surface area contributed by atoms with E-state index in [1.165, 1.54) is 0 Å². The van der Waals surface area contributed by atoms with Crippen molar-refractivity contribution < 1.29 is 9.84 Å². The van der Waals surface area contributed by atoms with Crippen LogP contribution in [0.4, 0.5) is 0 Å². The molecule has 0 radical (unpaired) electrons. The first-order chi connectivity index (χ1) is 8.29.